The first-order valence-corrected chi connectivity index (χ1v) is 3.76. The third-order valence-electron chi connectivity index (χ3n) is 1.40. The molecule has 0 aromatic heterocycles. The molecule has 0 saturated carbocycles. The summed E-state index contributed by atoms with van der Waals surface area (Å²) in [5.41, 5.74) is 0. The summed E-state index contributed by atoms with van der Waals surface area (Å²) in [6.07, 6.45) is 2.40. The Kier molecular flexibility index (Phi) is 5.22. The SMILES string of the molecule is CC(C)CCCC(=O)C[O]. The molecule has 59 valence electrons. The Bertz CT molecular complexity index is 97.4. The zero-order chi connectivity index (χ0) is 7.98. The van der Waals surface area contributed by atoms with Gasteiger partial charge in [0.2, 0.25) is 0 Å². The second-order valence-corrected chi connectivity index (χ2v) is 2.97. The standard InChI is InChI=1S/C8H15O2/c1-7(2)4-3-5-8(10)6-9/h7H,3-6H2,1-2H3. The number of carbonyl (C=O) groups is 1. The fourth-order valence-electron chi connectivity index (χ4n) is 0.780. The van der Waals surface area contributed by atoms with Crippen molar-refractivity contribution in [2.45, 2.75) is 33.1 Å². The van der Waals surface area contributed by atoms with Crippen LogP contribution in [0.3, 0.4) is 0 Å². The Morgan fingerprint density at radius 2 is 2.00 bits per heavy atom. The van der Waals surface area contributed by atoms with Crippen molar-refractivity contribution >= 4 is 5.78 Å². The maximum atomic E-state index is 10.5. The quantitative estimate of drug-likeness (QED) is 0.578. The summed E-state index contributed by atoms with van der Waals surface area (Å²) in [6, 6.07) is 0. The molecule has 2 heteroatoms. The van der Waals surface area contributed by atoms with Gasteiger partial charge in [-0.05, 0) is 12.3 Å². The molecule has 0 fully saturated rings. The average molecular weight is 143 g/mol. The van der Waals surface area contributed by atoms with Gasteiger partial charge in [0.25, 0.3) is 0 Å². The lowest BCUT2D eigenvalue weighted by Gasteiger charge is -2.01. The zero-order valence-corrected chi connectivity index (χ0v) is 6.72. The minimum absolute atomic E-state index is 0.152. The van der Waals surface area contributed by atoms with Crippen molar-refractivity contribution in [3.8, 4) is 0 Å². The molecule has 0 aliphatic rings. The first kappa shape index (κ1) is 9.63. The molecule has 0 rings (SSSR count). The minimum Gasteiger partial charge on any atom is -0.297 e. The topological polar surface area (TPSA) is 37.0 Å². The molecule has 0 spiro atoms. The van der Waals surface area contributed by atoms with Gasteiger partial charge in [0.1, 0.15) is 6.61 Å². The van der Waals surface area contributed by atoms with Crippen molar-refractivity contribution in [2.24, 2.45) is 5.92 Å². The van der Waals surface area contributed by atoms with Crippen molar-refractivity contribution in [1.29, 1.82) is 0 Å². The van der Waals surface area contributed by atoms with Crippen LogP contribution in [0, 0.1) is 5.92 Å². The molecule has 1 radical (unpaired) electrons. The lowest BCUT2D eigenvalue weighted by Crippen LogP contribution is -2.02. The summed E-state index contributed by atoms with van der Waals surface area (Å²) in [7, 11) is 0. The van der Waals surface area contributed by atoms with Crippen LogP contribution in [-0.2, 0) is 9.90 Å². The van der Waals surface area contributed by atoms with E-state index in [0.29, 0.717) is 12.3 Å². The lowest BCUT2D eigenvalue weighted by atomic mass is 10.1. The number of hydrogen-bond acceptors (Lipinski definition) is 1. The van der Waals surface area contributed by atoms with E-state index in [1.807, 2.05) is 0 Å². The largest absolute Gasteiger partial charge is 0.297 e. The van der Waals surface area contributed by atoms with Gasteiger partial charge < -0.3 is 0 Å². The summed E-state index contributed by atoms with van der Waals surface area (Å²) < 4.78 is 0. The maximum Gasteiger partial charge on any atom is 0.161 e. The average Bonchev–Trinajstić information content (AvgIpc) is 1.87. The van der Waals surface area contributed by atoms with Gasteiger partial charge in [-0.25, -0.2) is 5.11 Å². The second kappa shape index (κ2) is 5.42. The van der Waals surface area contributed by atoms with E-state index in [1.165, 1.54) is 0 Å². The van der Waals surface area contributed by atoms with Gasteiger partial charge in [0.05, 0.1) is 0 Å². The molecule has 0 aliphatic carbocycles. The maximum absolute atomic E-state index is 10.5. The van der Waals surface area contributed by atoms with Gasteiger partial charge in [-0.15, -0.1) is 0 Å². The van der Waals surface area contributed by atoms with Gasteiger partial charge >= 0.3 is 0 Å². The molecule has 0 unspecified atom stereocenters. The Morgan fingerprint density at radius 1 is 1.40 bits per heavy atom. The molecule has 0 aromatic carbocycles. The van der Waals surface area contributed by atoms with Crippen molar-refractivity contribution in [3.05, 3.63) is 0 Å². The van der Waals surface area contributed by atoms with Gasteiger partial charge in [-0.3, -0.25) is 4.79 Å². The molecule has 0 aliphatic heterocycles. The van der Waals surface area contributed by atoms with E-state index in [2.05, 4.69) is 13.8 Å². The van der Waals surface area contributed by atoms with Gasteiger partial charge in [0, 0.05) is 6.42 Å². The summed E-state index contributed by atoms with van der Waals surface area (Å²) in [5.74, 6) is 0.486. The third-order valence-corrected chi connectivity index (χ3v) is 1.40. The fraction of sp³-hybridized carbons (Fsp3) is 0.875. The van der Waals surface area contributed by atoms with Crippen LogP contribution in [0.4, 0.5) is 0 Å². The van der Waals surface area contributed by atoms with Gasteiger partial charge in [-0.1, -0.05) is 20.3 Å². The number of rotatable bonds is 5. The van der Waals surface area contributed by atoms with Crippen LogP contribution in [0.25, 0.3) is 0 Å². The molecule has 0 N–H and O–H groups in total. The highest BCUT2D eigenvalue weighted by atomic mass is 16.3. The Hall–Kier alpha value is -0.370. The Balaban J connectivity index is 3.12. The molecular weight excluding hydrogens is 128 g/mol. The highest BCUT2D eigenvalue weighted by Gasteiger charge is 2.00. The van der Waals surface area contributed by atoms with Crippen LogP contribution in [0.1, 0.15) is 33.1 Å². The highest BCUT2D eigenvalue weighted by Crippen LogP contribution is 2.05. The number of Topliss-reactive ketones (excluding diaryl/α,β-unsaturated/α-hetero) is 1. The molecule has 0 bridgehead atoms. The van der Waals surface area contributed by atoms with Crippen LogP contribution in [-0.4, -0.2) is 12.4 Å². The van der Waals surface area contributed by atoms with E-state index < -0.39 is 6.61 Å². The molecule has 0 aromatic rings. The minimum atomic E-state index is -0.544. The molecule has 2 nitrogen and oxygen atoms in total. The van der Waals surface area contributed by atoms with Gasteiger partial charge in [-0.2, -0.15) is 0 Å². The fourth-order valence-corrected chi connectivity index (χ4v) is 0.780. The van der Waals surface area contributed by atoms with E-state index in [1.54, 1.807) is 0 Å². The van der Waals surface area contributed by atoms with Crippen LogP contribution in [0.2, 0.25) is 0 Å². The van der Waals surface area contributed by atoms with E-state index in [0.717, 1.165) is 12.8 Å². The smallest absolute Gasteiger partial charge is 0.161 e. The molecule has 0 amide bonds. The summed E-state index contributed by atoms with van der Waals surface area (Å²) in [4.78, 5) is 10.5. The first-order valence-electron chi connectivity index (χ1n) is 3.76. The van der Waals surface area contributed by atoms with E-state index >= 15 is 0 Å². The van der Waals surface area contributed by atoms with Crippen molar-refractivity contribution < 1.29 is 9.90 Å². The lowest BCUT2D eigenvalue weighted by molar-refractivity contribution is -0.123. The van der Waals surface area contributed by atoms with Crippen molar-refractivity contribution in [1.82, 2.24) is 0 Å². The highest BCUT2D eigenvalue weighted by molar-refractivity contribution is 5.79. The van der Waals surface area contributed by atoms with Crippen LogP contribution < -0.4 is 0 Å². The molecular formula is C8H15O2. The summed E-state index contributed by atoms with van der Waals surface area (Å²) in [6.45, 7) is 3.68. The Labute approximate surface area is 62.2 Å². The van der Waals surface area contributed by atoms with E-state index in [4.69, 9.17) is 0 Å². The molecule has 0 heterocycles. The predicted molar refractivity (Wildman–Crippen MR) is 39.2 cm³/mol. The number of hydrogen-bond donors (Lipinski definition) is 0. The molecule has 10 heavy (non-hydrogen) atoms. The normalized spacial score (nSPS) is 10.4. The summed E-state index contributed by atoms with van der Waals surface area (Å²) >= 11 is 0. The zero-order valence-electron chi connectivity index (χ0n) is 6.72. The number of carbonyl (C=O) groups excluding carboxylic acids is 1. The second-order valence-electron chi connectivity index (χ2n) is 2.97. The van der Waals surface area contributed by atoms with E-state index in [9.17, 15) is 9.90 Å². The van der Waals surface area contributed by atoms with Crippen LogP contribution in [0.15, 0.2) is 0 Å². The molecule has 0 atom stereocenters. The predicted octanol–water partition coefficient (Wildman–Crippen LogP) is 1.81. The van der Waals surface area contributed by atoms with Gasteiger partial charge in [0.15, 0.2) is 5.78 Å². The first-order chi connectivity index (χ1) is 4.66. The number of ketones is 1. The summed E-state index contributed by atoms with van der Waals surface area (Å²) in [5, 5.41) is 9.96. The van der Waals surface area contributed by atoms with Crippen molar-refractivity contribution in [2.75, 3.05) is 6.61 Å². The monoisotopic (exact) mass is 143 g/mol. The Morgan fingerprint density at radius 3 is 2.40 bits per heavy atom. The van der Waals surface area contributed by atoms with Crippen LogP contribution in [0.5, 0.6) is 0 Å². The third kappa shape index (κ3) is 5.76. The van der Waals surface area contributed by atoms with Crippen molar-refractivity contribution in [3.63, 3.8) is 0 Å². The molecule has 0 saturated heterocycles. The van der Waals surface area contributed by atoms with Crippen LogP contribution >= 0.6 is 0 Å². The van der Waals surface area contributed by atoms with E-state index in [-0.39, 0.29) is 5.78 Å².